The quantitative estimate of drug-likeness (QED) is 0.500. The van der Waals surface area contributed by atoms with Gasteiger partial charge in [-0.3, -0.25) is 4.79 Å². The van der Waals surface area contributed by atoms with E-state index in [4.69, 9.17) is 9.47 Å². The number of thioether (sulfide) groups is 1. The summed E-state index contributed by atoms with van der Waals surface area (Å²) in [6, 6.07) is 11.3. The summed E-state index contributed by atoms with van der Waals surface area (Å²) in [5.41, 5.74) is 3.49. The summed E-state index contributed by atoms with van der Waals surface area (Å²) in [6.07, 6.45) is 0. The van der Waals surface area contributed by atoms with E-state index in [-0.39, 0.29) is 5.78 Å². The topological polar surface area (TPSA) is 64.2 Å². The Bertz CT molecular complexity index is 905. The molecule has 0 fully saturated rings. The van der Waals surface area contributed by atoms with Gasteiger partial charge in [-0.25, -0.2) is 4.98 Å². The maximum absolute atomic E-state index is 11.6. The fourth-order valence-corrected chi connectivity index (χ4v) is 3.41. The monoisotopic (exact) mass is 356 g/mol. The van der Waals surface area contributed by atoms with Gasteiger partial charge in [0.15, 0.2) is 10.9 Å². The van der Waals surface area contributed by atoms with Crippen LogP contribution in [0.5, 0.6) is 11.5 Å². The van der Waals surface area contributed by atoms with E-state index in [0.717, 1.165) is 33.3 Å². The van der Waals surface area contributed by atoms with Crippen LogP contribution in [0.4, 0.5) is 0 Å². The fourth-order valence-electron chi connectivity index (χ4n) is 2.55. The van der Waals surface area contributed by atoms with E-state index in [2.05, 4.69) is 9.97 Å². The molecule has 3 rings (SSSR count). The lowest BCUT2D eigenvalue weighted by molar-refractivity contribution is 0.101. The number of Topliss-reactive ketones (excluding diaryl/α,β-unsaturated/α-hetero) is 1. The lowest BCUT2D eigenvalue weighted by atomic mass is 10.1. The largest absolute Gasteiger partial charge is 0.496 e. The van der Waals surface area contributed by atoms with Gasteiger partial charge in [-0.1, -0.05) is 11.8 Å². The standard InChI is InChI=1S/C19H20N2O3S/c1-4-24-15-6-7-16-17(10-15)21-19(20-16)25-11-14-9-13(12(2)22)5-8-18(14)23-3/h5-10H,4,11H2,1-3H3,(H,20,21). The molecular formula is C19H20N2O3S. The predicted molar refractivity (Wildman–Crippen MR) is 99.8 cm³/mol. The van der Waals surface area contributed by atoms with Crippen molar-refractivity contribution in [3.63, 3.8) is 0 Å². The summed E-state index contributed by atoms with van der Waals surface area (Å²) < 4.78 is 10.9. The molecule has 0 radical (unpaired) electrons. The molecule has 0 atom stereocenters. The van der Waals surface area contributed by atoms with E-state index in [1.807, 2.05) is 37.3 Å². The smallest absolute Gasteiger partial charge is 0.166 e. The zero-order valence-electron chi connectivity index (χ0n) is 14.5. The Morgan fingerprint density at radius 1 is 1.24 bits per heavy atom. The molecule has 0 aliphatic heterocycles. The number of ketones is 1. The molecule has 25 heavy (non-hydrogen) atoms. The van der Waals surface area contributed by atoms with Crippen molar-refractivity contribution in [2.75, 3.05) is 13.7 Å². The normalized spacial score (nSPS) is 10.8. The highest BCUT2D eigenvalue weighted by Crippen LogP contribution is 2.29. The van der Waals surface area contributed by atoms with Crippen molar-refractivity contribution in [2.24, 2.45) is 0 Å². The van der Waals surface area contributed by atoms with E-state index in [1.165, 1.54) is 0 Å². The zero-order valence-corrected chi connectivity index (χ0v) is 15.3. The molecule has 6 heteroatoms. The molecule has 3 aromatic rings. The van der Waals surface area contributed by atoms with E-state index < -0.39 is 0 Å². The fraction of sp³-hybridized carbons (Fsp3) is 0.263. The summed E-state index contributed by atoms with van der Waals surface area (Å²) >= 11 is 1.57. The van der Waals surface area contributed by atoms with E-state index in [0.29, 0.717) is 17.9 Å². The number of hydrogen-bond donors (Lipinski definition) is 1. The minimum absolute atomic E-state index is 0.0427. The summed E-state index contributed by atoms with van der Waals surface area (Å²) in [5, 5.41) is 0.818. The average Bonchev–Trinajstić information content (AvgIpc) is 3.02. The van der Waals surface area contributed by atoms with Crippen LogP contribution in [0.15, 0.2) is 41.6 Å². The molecule has 1 heterocycles. The zero-order chi connectivity index (χ0) is 17.8. The third-order valence-corrected chi connectivity index (χ3v) is 4.72. The Balaban J connectivity index is 1.80. The number of methoxy groups -OCH3 is 1. The van der Waals surface area contributed by atoms with E-state index in [1.54, 1.807) is 31.9 Å². The number of imidazole rings is 1. The maximum Gasteiger partial charge on any atom is 0.166 e. The summed E-state index contributed by atoms with van der Waals surface area (Å²) in [4.78, 5) is 19.5. The summed E-state index contributed by atoms with van der Waals surface area (Å²) in [7, 11) is 1.63. The van der Waals surface area contributed by atoms with Crippen LogP contribution < -0.4 is 9.47 Å². The molecule has 0 amide bonds. The lowest BCUT2D eigenvalue weighted by Crippen LogP contribution is -1.97. The first-order chi connectivity index (χ1) is 12.1. The van der Waals surface area contributed by atoms with Crippen LogP contribution in [-0.4, -0.2) is 29.5 Å². The molecular weight excluding hydrogens is 336 g/mol. The van der Waals surface area contributed by atoms with Gasteiger partial charge in [0.2, 0.25) is 0 Å². The number of nitrogens with one attached hydrogen (secondary N) is 1. The average molecular weight is 356 g/mol. The molecule has 5 nitrogen and oxygen atoms in total. The predicted octanol–water partition coefficient (Wildman–Crippen LogP) is 4.47. The molecule has 2 aromatic carbocycles. The molecule has 0 aliphatic carbocycles. The highest BCUT2D eigenvalue weighted by Gasteiger charge is 2.10. The molecule has 0 aliphatic rings. The van der Waals surface area contributed by atoms with Crippen LogP contribution in [0.25, 0.3) is 11.0 Å². The van der Waals surface area contributed by atoms with Crippen molar-refractivity contribution in [2.45, 2.75) is 24.8 Å². The second-order valence-corrected chi connectivity index (χ2v) is 6.49. The highest BCUT2D eigenvalue weighted by molar-refractivity contribution is 7.98. The number of nitrogens with zero attached hydrogens (tertiary/aromatic N) is 1. The second-order valence-electron chi connectivity index (χ2n) is 5.53. The molecule has 0 spiro atoms. The highest BCUT2D eigenvalue weighted by atomic mass is 32.2. The van der Waals surface area contributed by atoms with Gasteiger partial charge >= 0.3 is 0 Å². The maximum atomic E-state index is 11.6. The summed E-state index contributed by atoms with van der Waals surface area (Å²) in [5.74, 6) is 2.29. The van der Waals surface area contributed by atoms with Gasteiger partial charge < -0.3 is 14.5 Å². The number of hydrogen-bond acceptors (Lipinski definition) is 5. The first kappa shape index (κ1) is 17.4. The first-order valence-electron chi connectivity index (χ1n) is 8.04. The Morgan fingerprint density at radius 2 is 2.08 bits per heavy atom. The van der Waals surface area contributed by atoms with Gasteiger partial charge in [0.25, 0.3) is 0 Å². The van der Waals surface area contributed by atoms with Crippen LogP contribution in [0.2, 0.25) is 0 Å². The third-order valence-electron chi connectivity index (χ3n) is 3.79. The van der Waals surface area contributed by atoms with Crippen LogP contribution in [0, 0.1) is 0 Å². The van der Waals surface area contributed by atoms with Crippen LogP contribution in [0.3, 0.4) is 0 Å². The van der Waals surface area contributed by atoms with Crippen molar-refractivity contribution >= 4 is 28.6 Å². The molecule has 130 valence electrons. The van der Waals surface area contributed by atoms with Gasteiger partial charge in [-0.05, 0) is 44.2 Å². The van der Waals surface area contributed by atoms with Crippen LogP contribution in [-0.2, 0) is 5.75 Å². The number of aromatic nitrogens is 2. The first-order valence-corrected chi connectivity index (χ1v) is 9.02. The Hall–Kier alpha value is -2.47. The van der Waals surface area contributed by atoms with E-state index in [9.17, 15) is 4.79 Å². The van der Waals surface area contributed by atoms with Crippen molar-refractivity contribution < 1.29 is 14.3 Å². The lowest BCUT2D eigenvalue weighted by Gasteiger charge is -2.08. The van der Waals surface area contributed by atoms with Crippen molar-refractivity contribution in [3.05, 3.63) is 47.5 Å². The number of rotatable bonds is 7. The second kappa shape index (κ2) is 7.61. The molecule has 1 N–H and O–H groups in total. The van der Waals surface area contributed by atoms with Crippen LogP contribution in [0.1, 0.15) is 29.8 Å². The minimum atomic E-state index is 0.0427. The Kier molecular flexibility index (Phi) is 5.28. The Labute approximate surface area is 150 Å². The number of fused-ring (bicyclic) bond motifs is 1. The number of aromatic amines is 1. The van der Waals surface area contributed by atoms with Gasteiger partial charge in [0, 0.05) is 22.9 Å². The third kappa shape index (κ3) is 3.96. The SMILES string of the molecule is CCOc1ccc2nc(SCc3cc(C(C)=O)ccc3OC)[nH]c2c1. The number of carbonyl (C=O) groups excluding carboxylic acids is 1. The minimum Gasteiger partial charge on any atom is -0.496 e. The number of ether oxygens (including phenoxy) is 2. The van der Waals surface area contributed by atoms with Crippen molar-refractivity contribution in [1.82, 2.24) is 9.97 Å². The summed E-state index contributed by atoms with van der Waals surface area (Å²) in [6.45, 7) is 4.16. The molecule has 0 saturated carbocycles. The van der Waals surface area contributed by atoms with Gasteiger partial charge in [0.1, 0.15) is 11.5 Å². The number of carbonyl (C=O) groups is 1. The number of benzene rings is 2. The van der Waals surface area contributed by atoms with E-state index >= 15 is 0 Å². The van der Waals surface area contributed by atoms with Gasteiger partial charge in [0.05, 0.1) is 24.8 Å². The van der Waals surface area contributed by atoms with Gasteiger partial charge in [-0.2, -0.15) is 0 Å². The molecule has 0 saturated heterocycles. The molecule has 1 aromatic heterocycles. The number of H-pyrrole nitrogens is 1. The van der Waals surface area contributed by atoms with Crippen molar-refractivity contribution in [3.8, 4) is 11.5 Å². The molecule has 0 bridgehead atoms. The van der Waals surface area contributed by atoms with Crippen LogP contribution >= 0.6 is 11.8 Å². The van der Waals surface area contributed by atoms with Crippen molar-refractivity contribution in [1.29, 1.82) is 0 Å². The van der Waals surface area contributed by atoms with Gasteiger partial charge in [-0.15, -0.1) is 0 Å². The molecule has 0 unspecified atom stereocenters. The Morgan fingerprint density at radius 3 is 2.80 bits per heavy atom.